The van der Waals surface area contributed by atoms with Gasteiger partial charge in [0.1, 0.15) is 12.2 Å². The van der Waals surface area contributed by atoms with E-state index in [2.05, 4.69) is 19.1 Å². The van der Waals surface area contributed by atoms with Crippen LogP contribution in [0.3, 0.4) is 0 Å². The van der Waals surface area contributed by atoms with E-state index in [0.717, 1.165) is 38.5 Å². The van der Waals surface area contributed by atoms with E-state index in [1.54, 1.807) is 0 Å². The molecule has 3 saturated carbocycles. The number of hydrogen-bond donors (Lipinski definition) is 0. The Hall–Kier alpha value is -1.40. The van der Waals surface area contributed by atoms with Crippen LogP contribution < -0.4 is 0 Å². The van der Waals surface area contributed by atoms with Gasteiger partial charge in [-0.05, 0) is 61.9 Å². The summed E-state index contributed by atoms with van der Waals surface area (Å²) >= 11 is 0. The molecule has 4 fully saturated rings. The molecule has 1 saturated heterocycles. The van der Waals surface area contributed by atoms with Crippen LogP contribution in [0.1, 0.15) is 59.3 Å². The summed E-state index contributed by atoms with van der Waals surface area (Å²) in [4.78, 5) is 23.2. The van der Waals surface area contributed by atoms with Gasteiger partial charge in [-0.15, -0.1) is 0 Å². The second-order valence-corrected chi connectivity index (χ2v) is 10.3. The molecule has 4 aliphatic carbocycles. The van der Waals surface area contributed by atoms with Gasteiger partial charge in [-0.3, -0.25) is 9.59 Å². The van der Waals surface area contributed by atoms with E-state index in [1.807, 2.05) is 0 Å². The lowest BCUT2D eigenvalue weighted by Crippen LogP contribution is -2.59. The molecule has 30 heavy (non-hydrogen) atoms. The van der Waals surface area contributed by atoms with Gasteiger partial charge in [0.15, 0.2) is 5.79 Å². The van der Waals surface area contributed by atoms with Crippen LogP contribution in [0.2, 0.25) is 0 Å². The smallest absolute Gasteiger partial charge is 0.303 e. The maximum absolute atomic E-state index is 11.7. The van der Waals surface area contributed by atoms with Crippen LogP contribution >= 0.6 is 0 Å². The lowest BCUT2D eigenvalue weighted by atomic mass is 9.50. The number of rotatable bonds is 2. The molecule has 0 radical (unpaired) electrons. The lowest BCUT2D eigenvalue weighted by molar-refractivity contribution is -0.263. The van der Waals surface area contributed by atoms with Crippen molar-refractivity contribution in [3.8, 4) is 0 Å². The van der Waals surface area contributed by atoms with Crippen LogP contribution in [0.5, 0.6) is 0 Å². The Morgan fingerprint density at radius 1 is 0.933 bits per heavy atom. The fourth-order valence-electron chi connectivity index (χ4n) is 7.80. The van der Waals surface area contributed by atoms with Crippen LogP contribution in [0.15, 0.2) is 12.2 Å². The Morgan fingerprint density at radius 2 is 1.67 bits per heavy atom. The van der Waals surface area contributed by atoms with E-state index in [4.69, 9.17) is 18.9 Å². The summed E-state index contributed by atoms with van der Waals surface area (Å²) in [7, 11) is 0. The average Bonchev–Trinajstić information content (AvgIpc) is 3.27. The van der Waals surface area contributed by atoms with E-state index in [1.165, 1.54) is 13.8 Å². The highest BCUT2D eigenvalue weighted by molar-refractivity contribution is 5.66. The fraction of sp³-hybridized carbons (Fsp3) is 0.833. The molecular weight excluding hydrogens is 384 g/mol. The normalized spacial score (nSPS) is 46.0. The van der Waals surface area contributed by atoms with Crippen molar-refractivity contribution in [1.29, 1.82) is 0 Å². The predicted octanol–water partition coefficient (Wildman–Crippen LogP) is 3.63. The summed E-state index contributed by atoms with van der Waals surface area (Å²) < 4.78 is 24.0. The Labute approximate surface area is 178 Å². The molecule has 0 N–H and O–H groups in total. The third kappa shape index (κ3) is 3.13. The second-order valence-electron chi connectivity index (χ2n) is 10.3. The topological polar surface area (TPSA) is 71.1 Å². The zero-order valence-corrected chi connectivity index (χ0v) is 18.3. The monoisotopic (exact) mass is 418 g/mol. The summed E-state index contributed by atoms with van der Waals surface area (Å²) in [6.07, 6.45) is 10.1. The third-order valence-corrected chi connectivity index (χ3v) is 8.89. The zero-order valence-electron chi connectivity index (χ0n) is 18.3. The highest BCUT2D eigenvalue weighted by Crippen LogP contribution is 2.65. The number of carbonyl (C=O) groups excluding carboxylic acids is 2. The largest absolute Gasteiger partial charge is 0.462 e. The van der Waals surface area contributed by atoms with E-state index in [0.29, 0.717) is 36.9 Å². The minimum Gasteiger partial charge on any atom is -0.462 e. The molecular formula is C24H34O6. The summed E-state index contributed by atoms with van der Waals surface area (Å²) in [5.74, 6) is 1.21. The molecule has 1 spiro atoms. The summed E-state index contributed by atoms with van der Waals surface area (Å²) in [6.45, 7) is 6.57. The molecule has 166 valence electrons. The number of esters is 2. The van der Waals surface area contributed by atoms with Crippen LogP contribution in [-0.2, 0) is 28.5 Å². The fourth-order valence-corrected chi connectivity index (χ4v) is 7.80. The van der Waals surface area contributed by atoms with E-state index >= 15 is 0 Å². The van der Waals surface area contributed by atoms with Gasteiger partial charge in [-0.25, -0.2) is 0 Å². The Balaban J connectivity index is 1.45. The number of fused-ring (bicyclic) bond motifs is 6. The van der Waals surface area contributed by atoms with Gasteiger partial charge in [-0.1, -0.05) is 13.0 Å². The van der Waals surface area contributed by atoms with Gasteiger partial charge in [-0.2, -0.15) is 0 Å². The Bertz CT molecular complexity index is 740. The highest BCUT2D eigenvalue weighted by atomic mass is 16.7. The van der Waals surface area contributed by atoms with Crippen molar-refractivity contribution in [3.63, 3.8) is 0 Å². The summed E-state index contributed by atoms with van der Waals surface area (Å²) in [6, 6.07) is 0. The minimum absolute atomic E-state index is 0.0234. The maximum atomic E-state index is 11.7. The van der Waals surface area contributed by atoms with E-state index in [-0.39, 0.29) is 35.5 Å². The Kier molecular flexibility index (Phi) is 5.01. The van der Waals surface area contributed by atoms with Gasteiger partial charge in [0.05, 0.1) is 13.2 Å². The summed E-state index contributed by atoms with van der Waals surface area (Å²) in [5.41, 5.74) is 0.0398. The number of ether oxygens (including phenoxy) is 4. The molecule has 5 rings (SSSR count). The standard InChI is InChI=1S/C24H34O6/c1-14(25)29-16-4-5-18-17-8-9-23(3)20(6-7-22(23)30-15(2)26)19(17)13-24(21(18)12-16)27-10-11-28-24/h4-5,16-22H,6-13H2,1-3H3/t16-,17+,18+,19+,20-,21-,22-,23-/m0/s1. The van der Waals surface area contributed by atoms with Crippen molar-refractivity contribution in [2.45, 2.75) is 77.3 Å². The van der Waals surface area contributed by atoms with Gasteiger partial charge >= 0.3 is 11.9 Å². The van der Waals surface area contributed by atoms with Crippen LogP contribution in [0.25, 0.3) is 0 Å². The van der Waals surface area contributed by atoms with E-state index < -0.39 is 5.79 Å². The third-order valence-electron chi connectivity index (χ3n) is 8.89. The number of carbonyl (C=O) groups is 2. The SMILES string of the molecule is CC(=O)O[C@H]1CC[C@H]2[C@@H]3CC4(OCCO4)[C@H]4C[C@@H](OC(C)=O)C=C[C@@H]4[C@H]3CC[C@]12C. The highest BCUT2D eigenvalue weighted by Gasteiger charge is 2.64. The molecule has 8 atom stereocenters. The molecule has 6 nitrogen and oxygen atoms in total. The van der Waals surface area contributed by atoms with Crippen molar-refractivity contribution < 1.29 is 28.5 Å². The zero-order chi connectivity index (χ0) is 21.1. The van der Waals surface area contributed by atoms with Crippen LogP contribution in [0, 0.1) is 35.0 Å². The van der Waals surface area contributed by atoms with Crippen molar-refractivity contribution in [2.75, 3.05) is 13.2 Å². The van der Waals surface area contributed by atoms with Crippen molar-refractivity contribution in [1.82, 2.24) is 0 Å². The molecule has 0 aromatic carbocycles. The van der Waals surface area contributed by atoms with Crippen molar-refractivity contribution >= 4 is 11.9 Å². The number of hydrogen-bond acceptors (Lipinski definition) is 6. The Morgan fingerprint density at radius 3 is 2.37 bits per heavy atom. The van der Waals surface area contributed by atoms with Crippen LogP contribution in [0.4, 0.5) is 0 Å². The molecule has 5 aliphatic rings. The molecule has 0 bridgehead atoms. The van der Waals surface area contributed by atoms with Gasteiger partial charge < -0.3 is 18.9 Å². The lowest BCUT2D eigenvalue weighted by Gasteiger charge is -2.58. The molecule has 6 heteroatoms. The van der Waals surface area contributed by atoms with E-state index in [9.17, 15) is 9.59 Å². The first kappa shape index (κ1) is 20.5. The average molecular weight is 419 g/mol. The molecule has 1 heterocycles. The first-order chi connectivity index (χ1) is 14.3. The van der Waals surface area contributed by atoms with Crippen molar-refractivity contribution in [2.24, 2.45) is 35.0 Å². The van der Waals surface area contributed by atoms with Gasteiger partial charge in [0.2, 0.25) is 0 Å². The van der Waals surface area contributed by atoms with Crippen molar-refractivity contribution in [3.05, 3.63) is 12.2 Å². The molecule has 0 aromatic heterocycles. The number of allylic oxidation sites excluding steroid dienone is 1. The minimum atomic E-state index is -0.577. The van der Waals surface area contributed by atoms with Gasteiger partial charge in [0.25, 0.3) is 0 Å². The predicted molar refractivity (Wildman–Crippen MR) is 108 cm³/mol. The summed E-state index contributed by atoms with van der Waals surface area (Å²) in [5, 5.41) is 0. The van der Waals surface area contributed by atoms with Crippen LogP contribution in [-0.4, -0.2) is 43.1 Å². The second kappa shape index (κ2) is 7.33. The maximum Gasteiger partial charge on any atom is 0.303 e. The van der Waals surface area contributed by atoms with Gasteiger partial charge in [0, 0.05) is 31.6 Å². The quantitative estimate of drug-likeness (QED) is 0.504. The molecule has 1 aliphatic heterocycles. The molecule has 0 amide bonds. The first-order valence-electron chi connectivity index (χ1n) is 11.6. The first-order valence-corrected chi connectivity index (χ1v) is 11.6. The molecule has 0 unspecified atom stereocenters. The molecule has 0 aromatic rings.